The average Bonchev–Trinajstić information content (AvgIpc) is 2.13. The van der Waals surface area contributed by atoms with E-state index in [1.165, 1.54) is 0 Å². The highest BCUT2D eigenvalue weighted by atomic mass is 16.3. The SMILES string of the molecule is C#CCCCC(C)(O)CCNCCC. The van der Waals surface area contributed by atoms with Gasteiger partial charge in [0.1, 0.15) is 0 Å². The van der Waals surface area contributed by atoms with E-state index in [4.69, 9.17) is 6.42 Å². The first kappa shape index (κ1) is 13.5. The van der Waals surface area contributed by atoms with E-state index in [2.05, 4.69) is 18.2 Å². The fourth-order valence-corrected chi connectivity index (χ4v) is 1.36. The van der Waals surface area contributed by atoms with E-state index in [1.807, 2.05) is 6.92 Å². The second-order valence-electron chi connectivity index (χ2n) is 4.05. The number of terminal acetylenes is 1. The molecule has 2 N–H and O–H groups in total. The van der Waals surface area contributed by atoms with E-state index in [9.17, 15) is 5.11 Å². The van der Waals surface area contributed by atoms with Gasteiger partial charge in [0.25, 0.3) is 0 Å². The van der Waals surface area contributed by atoms with E-state index in [0.717, 1.165) is 45.2 Å². The third kappa shape index (κ3) is 8.10. The molecule has 14 heavy (non-hydrogen) atoms. The van der Waals surface area contributed by atoms with Crippen LogP contribution in [0.5, 0.6) is 0 Å². The van der Waals surface area contributed by atoms with Crippen LogP contribution in [0.1, 0.15) is 46.0 Å². The van der Waals surface area contributed by atoms with Crippen molar-refractivity contribution in [2.45, 2.75) is 51.6 Å². The van der Waals surface area contributed by atoms with Gasteiger partial charge in [-0.25, -0.2) is 0 Å². The summed E-state index contributed by atoms with van der Waals surface area (Å²) in [6.07, 6.45) is 9.57. The third-order valence-electron chi connectivity index (χ3n) is 2.30. The van der Waals surface area contributed by atoms with Gasteiger partial charge in [-0.2, -0.15) is 0 Å². The van der Waals surface area contributed by atoms with Gasteiger partial charge in [0.15, 0.2) is 0 Å². The summed E-state index contributed by atoms with van der Waals surface area (Å²) >= 11 is 0. The minimum absolute atomic E-state index is 0.558. The van der Waals surface area contributed by atoms with Crippen molar-refractivity contribution in [2.24, 2.45) is 0 Å². The van der Waals surface area contributed by atoms with Crippen LogP contribution in [-0.2, 0) is 0 Å². The number of unbranched alkanes of at least 4 members (excludes halogenated alkanes) is 1. The Balaban J connectivity index is 3.46. The van der Waals surface area contributed by atoms with Crippen molar-refractivity contribution < 1.29 is 5.11 Å². The highest BCUT2D eigenvalue weighted by molar-refractivity contribution is 4.85. The van der Waals surface area contributed by atoms with Gasteiger partial charge in [0, 0.05) is 6.42 Å². The zero-order valence-corrected chi connectivity index (χ0v) is 9.47. The largest absolute Gasteiger partial charge is 0.390 e. The van der Waals surface area contributed by atoms with Gasteiger partial charge in [-0.3, -0.25) is 0 Å². The van der Waals surface area contributed by atoms with Crippen LogP contribution >= 0.6 is 0 Å². The summed E-state index contributed by atoms with van der Waals surface area (Å²) in [6.45, 7) is 5.94. The van der Waals surface area contributed by atoms with Gasteiger partial charge in [0.2, 0.25) is 0 Å². The van der Waals surface area contributed by atoms with E-state index >= 15 is 0 Å². The first-order valence-corrected chi connectivity index (χ1v) is 5.49. The summed E-state index contributed by atoms with van der Waals surface area (Å²) < 4.78 is 0. The van der Waals surface area contributed by atoms with Crippen molar-refractivity contribution in [3.63, 3.8) is 0 Å². The molecule has 0 fully saturated rings. The minimum Gasteiger partial charge on any atom is -0.390 e. The summed E-state index contributed by atoms with van der Waals surface area (Å²) in [4.78, 5) is 0. The van der Waals surface area contributed by atoms with Crippen LogP contribution in [0.2, 0.25) is 0 Å². The molecule has 0 spiro atoms. The molecular weight excluding hydrogens is 174 g/mol. The maximum absolute atomic E-state index is 9.93. The van der Waals surface area contributed by atoms with Crippen LogP contribution < -0.4 is 5.32 Å². The predicted molar refractivity (Wildman–Crippen MR) is 61.1 cm³/mol. The Kier molecular flexibility index (Phi) is 7.55. The van der Waals surface area contributed by atoms with Crippen LogP contribution in [0.25, 0.3) is 0 Å². The molecule has 0 aromatic heterocycles. The Bertz CT molecular complexity index is 170. The lowest BCUT2D eigenvalue weighted by atomic mass is 9.95. The standard InChI is InChI=1S/C12H23NO/c1-4-6-7-8-12(3,14)9-11-13-10-5-2/h1,13-14H,5-11H2,2-3H3. The van der Waals surface area contributed by atoms with Crippen LogP contribution in [0.4, 0.5) is 0 Å². The number of aliphatic hydroxyl groups is 1. The van der Waals surface area contributed by atoms with E-state index < -0.39 is 5.60 Å². The maximum atomic E-state index is 9.93. The molecule has 0 amide bonds. The minimum atomic E-state index is -0.558. The molecule has 0 aliphatic rings. The molecule has 82 valence electrons. The molecule has 0 rings (SSSR count). The molecule has 0 aliphatic heterocycles. The van der Waals surface area contributed by atoms with Crippen LogP contribution in [0.15, 0.2) is 0 Å². The molecular formula is C12H23NO. The summed E-state index contributed by atoms with van der Waals surface area (Å²) in [6, 6.07) is 0. The van der Waals surface area contributed by atoms with Crippen molar-refractivity contribution in [3.8, 4) is 12.3 Å². The molecule has 0 saturated heterocycles. The number of hydrogen-bond acceptors (Lipinski definition) is 2. The molecule has 0 saturated carbocycles. The fourth-order valence-electron chi connectivity index (χ4n) is 1.36. The molecule has 2 heteroatoms. The van der Waals surface area contributed by atoms with Crippen molar-refractivity contribution >= 4 is 0 Å². The van der Waals surface area contributed by atoms with Crippen molar-refractivity contribution in [1.29, 1.82) is 0 Å². The van der Waals surface area contributed by atoms with E-state index in [-0.39, 0.29) is 0 Å². The number of nitrogens with one attached hydrogen (secondary N) is 1. The van der Waals surface area contributed by atoms with Gasteiger partial charge in [-0.05, 0) is 45.7 Å². The third-order valence-corrected chi connectivity index (χ3v) is 2.30. The van der Waals surface area contributed by atoms with Gasteiger partial charge >= 0.3 is 0 Å². The van der Waals surface area contributed by atoms with Gasteiger partial charge < -0.3 is 10.4 Å². The summed E-state index contributed by atoms with van der Waals surface area (Å²) in [5.41, 5.74) is -0.558. The van der Waals surface area contributed by atoms with Crippen molar-refractivity contribution in [2.75, 3.05) is 13.1 Å². The lowest BCUT2D eigenvalue weighted by Gasteiger charge is -2.22. The molecule has 0 radical (unpaired) electrons. The predicted octanol–water partition coefficient (Wildman–Crippen LogP) is 1.93. The highest BCUT2D eigenvalue weighted by Gasteiger charge is 2.18. The van der Waals surface area contributed by atoms with Crippen LogP contribution in [-0.4, -0.2) is 23.8 Å². The van der Waals surface area contributed by atoms with Crippen molar-refractivity contribution in [1.82, 2.24) is 5.32 Å². The van der Waals surface area contributed by atoms with Gasteiger partial charge in [-0.15, -0.1) is 12.3 Å². The Labute approximate surface area is 88.1 Å². The van der Waals surface area contributed by atoms with E-state index in [1.54, 1.807) is 0 Å². The van der Waals surface area contributed by atoms with Crippen LogP contribution in [0.3, 0.4) is 0 Å². The first-order valence-electron chi connectivity index (χ1n) is 5.49. The Morgan fingerprint density at radius 3 is 2.64 bits per heavy atom. The van der Waals surface area contributed by atoms with E-state index in [0.29, 0.717) is 0 Å². The maximum Gasteiger partial charge on any atom is 0.0632 e. The molecule has 0 aromatic rings. The second kappa shape index (κ2) is 7.84. The zero-order valence-electron chi connectivity index (χ0n) is 9.47. The molecule has 0 aromatic carbocycles. The lowest BCUT2D eigenvalue weighted by Crippen LogP contribution is -2.30. The number of hydrogen-bond donors (Lipinski definition) is 2. The Morgan fingerprint density at radius 2 is 2.07 bits per heavy atom. The summed E-state index contributed by atoms with van der Waals surface area (Å²) in [5.74, 6) is 2.59. The molecule has 0 aliphatic carbocycles. The number of rotatable bonds is 8. The molecule has 0 heterocycles. The average molecular weight is 197 g/mol. The zero-order chi connectivity index (χ0) is 10.9. The molecule has 1 unspecified atom stereocenters. The van der Waals surface area contributed by atoms with Gasteiger partial charge in [-0.1, -0.05) is 6.92 Å². The fraction of sp³-hybridized carbons (Fsp3) is 0.833. The molecule has 2 nitrogen and oxygen atoms in total. The van der Waals surface area contributed by atoms with Crippen LogP contribution in [0, 0.1) is 12.3 Å². The summed E-state index contributed by atoms with van der Waals surface area (Å²) in [5, 5.41) is 13.2. The molecule has 0 bridgehead atoms. The smallest absolute Gasteiger partial charge is 0.0632 e. The Morgan fingerprint density at radius 1 is 1.36 bits per heavy atom. The van der Waals surface area contributed by atoms with Crippen molar-refractivity contribution in [3.05, 3.63) is 0 Å². The topological polar surface area (TPSA) is 32.3 Å². The first-order chi connectivity index (χ1) is 6.62. The monoisotopic (exact) mass is 197 g/mol. The molecule has 1 atom stereocenters. The quantitative estimate of drug-likeness (QED) is 0.460. The normalized spacial score (nSPS) is 14.7. The Hall–Kier alpha value is -0.520. The second-order valence-corrected chi connectivity index (χ2v) is 4.05. The lowest BCUT2D eigenvalue weighted by molar-refractivity contribution is 0.0407. The summed E-state index contributed by atoms with van der Waals surface area (Å²) in [7, 11) is 0. The van der Waals surface area contributed by atoms with Gasteiger partial charge in [0.05, 0.1) is 5.60 Å². The highest BCUT2D eigenvalue weighted by Crippen LogP contribution is 2.16.